The minimum atomic E-state index is -0.910. The Morgan fingerprint density at radius 1 is 1.09 bits per heavy atom. The Bertz CT molecular complexity index is 761. The van der Waals surface area contributed by atoms with Crippen molar-refractivity contribution in [2.45, 2.75) is 25.8 Å². The molecule has 1 aliphatic rings. The van der Waals surface area contributed by atoms with Gasteiger partial charge in [-0.2, -0.15) is 0 Å². The number of amides is 3. The van der Waals surface area contributed by atoms with Gasteiger partial charge in [-0.05, 0) is 38.0 Å². The van der Waals surface area contributed by atoms with Crippen LogP contribution in [0.5, 0.6) is 0 Å². The van der Waals surface area contributed by atoms with Crippen LogP contribution in [0.3, 0.4) is 0 Å². The topological polar surface area (TPSA) is 100 Å². The summed E-state index contributed by atoms with van der Waals surface area (Å²) in [5.41, 5.74) is 5.84. The van der Waals surface area contributed by atoms with E-state index < -0.39 is 17.7 Å². The van der Waals surface area contributed by atoms with Crippen molar-refractivity contribution in [2.75, 3.05) is 0 Å². The normalized spacial score (nSPS) is 13.7. The zero-order valence-electron chi connectivity index (χ0n) is 11.9. The van der Waals surface area contributed by atoms with Gasteiger partial charge in [0.05, 0.1) is 0 Å². The standard InChI is InChI=1S/C15H15N3O4/c1-8-2-5-11-9(6-8)7-12(22-11)13(19)17-18-15(21)14(20)16-10-3-4-10/h2,5-7,10H,3-4H2,1H3,(H,16,20)(H,17,19)(H,18,21). The molecule has 1 fully saturated rings. The van der Waals surface area contributed by atoms with Gasteiger partial charge in [-0.25, -0.2) is 0 Å². The molecule has 2 aromatic rings. The molecule has 1 aromatic heterocycles. The highest BCUT2D eigenvalue weighted by Gasteiger charge is 2.26. The molecule has 3 rings (SSSR count). The first-order valence-electron chi connectivity index (χ1n) is 6.94. The van der Waals surface area contributed by atoms with Gasteiger partial charge in [0.2, 0.25) is 0 Å². The fourth-order valence-electron chi connectivity index (χ4n) is 1.99. The molecule has 0 unspecified atom stereocenters. The molecule has 1 heterocycles. The monoisotopic (exact) mass is 301 g/mol. The van der Waals surface area contributed by atoms with Crippen molar-refractivity contribution in [1.29, 1.82) is 0 Å². The second-order valence-electron chi connectivity index (χ2n) is 5.31. The number of hydrazine groups is 1. The van der Waals surface area contributed by atoms with Crippen molar-refractivity contribution >= 4 is 28.7 Å². The van der Waals surface area contributed by atoms with Crippen molar-refractivity contribution in [3.8, 4) is 0 Å². The largest absolute Gasteiger partial charge is 0.451 e. The summed E-state index contributed by atoms with van der Waals surface area (Å²) in [6.45, 7) is 1.94. The Morgan fingerprint density at radius 2 is 1.86 bits per heavy atom. The van der Waals surface area contributed by atoms with Gasteiger partial charge in [0.25, 0.3) is 0 Å². The molecule has 0 radical (unpaired) electrons. The molecular weight excluding hydrogens is 286 g/mol. The van der Waals surface area contributed by atoms with E-state index in [1.165, 1.54) is 0 Å². The summed E-state index contributed by atoms with van der Waals surface area (Å²) in [4.78, 5) is 34.8. The summed E-state index contributed by atoms with van der Waals surface area (Å²) in [6, 6.07) is 7.18. The number of carbonyl (C=O) groups is 3. The number of nitrogens with one attached hydrogen (secondary N) is 3. The van der Waals surface area contributed by atoms with Gasteiger partial charge in [0.15, 0.2) is 5.76 Å². The minimum absolute atomic E-state index is 0.0588. The summed E-state index contributed by atoms with van der Waals surface area (Å²) in [6.07, 6.45) is 1.76. The van der Waals surface area contributed by atoms with Crippen LogP contribution in [0.1, 0.15) is 29.0 Å². The summed E-state index contributed by atoms with van der Waals surface area (Å²) < 4.78 is 5.39. The molecule has 1 aromatic carbocycles. The number of fused-ring (bicyclic) bond motifs is 1. The number of hydrogen-bond acceptors (Lipinski definition) is 4. The maximum absolute atomic E-state index is 11.9. The Morgan fingerprint density at radius 3 is 2.59 bits per heavy atom. The Kier molecular flexibility index (Phi) is 3.54. The van der Waals surface area contributed by atoms with Gasteiger partial charge in [0, 0.05) is 11.4 Å². The van der Waals surface area contributed by atoms with Crippen molar-refractivity contribution in [3.63, 3.8) is 0 Å². The fraction of sp³-hybridized carbons (Fsp3) is 0.267. The van der Waals surface area contributed by atoms with E-state index in [9.17, 15) is 14.4 Å². The Labute approximate surface area is 126 Å². The molecular formula is C15H15N3O4. The Hall–Kier alpha value is -2.83. The number of furan rings is 1. The van der Waals surface area contributed by atoms with E-state index in [-0.39, 0.29) is 11.8 Å². The zero-order chi connectivity index (χ0) is 15.7. The number of rotatable bonds is 2. The third-order valence-corrected chi connectivity index (χ3v) is 3.30. The van der Waals surface area contributed by atoms with E-state index in [0.29, 0.717) is 5.58 Å². The van der Waals surface area contributed by atoms with Crippen LogP contribution in [-0.4, -0.2) is 23.8 Å². The van der Waals surface area contributed by atoms with Crippen LogP contribution in [-0.2, 0) is 9.59 Å². The highest BCUT2D eigenvalue weighted by molar-refractivity contribution is 6.35. The first kappa shape index (κ1) is 14.1. The third kappa shape index (κ3) is 3.08. The lowest BCUT2D eigenvalue weighted by Gasteiger charge is -2.05. The maximum Gasteiger partial charge on any atom is 0.327 e. The van der Waals surface area contributed by atoms with E-state index in [0.717, 1.165) is 23.8 Å². The number of hydrogen-bond donors (Lipinski definition) is 3. The van der Waals surface area contributed by atoms with Crippen molar-refractivity contribution in [2.24, 2.45) is 0 Å². The highest BCUT2D eigenvalue weighted by Crippen LogP contribution is 2.20. The SMILES string of the molecule is Cc1ccc2oc(C(=O)NNC(=O)C(=O)NC3CC3)cc2c1. The van der Waals surface area contributed by atoms with Crippen LogP contribution in [0.2, 0.25) is 0 Å². The van der Waals surface area contributed by atoms with Gasteiger partial charge in [0.1, 0.15) is 5.58 Å². The van der Waals surface area contributed by atoms with E-state index in [2.05, 4.69) is 16.2 Å². The zero-order valence-corrected chi connectivity index (χ0v) is 11.9. The molecule has 1 saturated carbocycles. The van der Waals surface area contributed by atoms with Crippen LogP contribution in [0.4, 0.5) is 0 Å². The summed E-state index contributed by atoms with van der Waals surface area (Å²) in [7, 11) is 0. The molecule has 3 amide bonds. The van der Waals surface area contributed by atoms with Crippen molar-refractivity contribution < 1.29 is 18.8 Å². The summed E-state index contributed by atoms with van der Waals surface area (Å²) in [5.74, 6) is -2.24. The second-order valence-corrected chi connectivity index (χ2v) is 5.31. The summed E-state index contributed by atoms with van der Waals surface area (Å²) in [5, 5.41) is 3.31. The van der Waals surface area contributed by atoms with E-state index in [1.807, 2.05) is 19.1 Å². The minimum Gasteiger partial charge on any atom is -0.451 e. The summed E-state index contributed by atoms with van der Waals surface area (Å²) >= 11 is 0. The molecule has 0 atom stereocenters. The molecule has 3 N–H and O–H groups in total. The molecule has 0 aliphatic heterocycles. The van der Waals surface area contributed by atoms with Gasteiger partial charge >= 0.3 is 17.7 Å². The van der Waals surface area contributed by atoms with Crippen LogP contribution in [0.25, 0.3) is 11.0 Å². The number of carbonyl (C=O) groups excluding carboxylic acids is 3. The first-order valence-corrected chi connectivity index (χ1v) is 6.94. The third-order valence-electron chi connectivity index (χ3n) is 3.30. The molecule has 0 spiro atoms. The van der Waals surface area contributed by atoms with E-state index >= 15 is 0 Å². The molecule has 0 bridgehead atoms. The molecule has 7 nitrogen and oxygen atoms in total. The lowest BCUT2D eigenvalue weighted by molar-refractivity contribution is -0.139. The molecule has 1 aliphatic carbocycles. The van der Waals surface area contributed by atoms with E-state index in [1.54, 1.807) is 12.1 Å². The average Bonchev–Trinajstić information content (AvgIpc) is 3.20. The Balaban J connectivity index is 1.60. The van der Waals surface area contributed by atoms with Crippen LogP contribution >= 0.6 is 0 Å². The van der Waals surface area contributed by atoms with Gasteiger partial charge in [-0.3, -0.25) is 25.2 Å². The second kappa shape index (κ2) is 5.51. The van der Waals surface area contributed by atoms with Gasteiger partial charge < -0.3 is 9.73 Å². The number of aryl methyl sites for hydroxylation is 1. The molecule has 22 heavy (non-hydrogen) atoms. The van der Waals surface area contributed by atoms with Crippen molar-refractivity contribution in [3.05, 3.63) is 35.6 Å². The van der Waals surface area contributed by atoms with Crippen molar-refractivity contribution in [1.82, 2.24) is 16.2 Å². The van der Waals surface area contributed by atoms with Gasteiger partial charge in [-0.15, -0.1) is 0 Å². The molecule has 0 saturated heterocycles. The van der Waals surface area contributed by atoms with Crippen LogP contribution < -0.4 is 16.2 Å². The molecule has 7 heteroatoms. The highest BCUT2D eigenvalue weighted by atomic mass is 16.3. The van der Waals surface area contributed by atoms with Crippen LogP contribution in [0, 0.1) is 6.92 Å². The lowest BCUT2D eigenvalue weighted by atomic mass is 10.2. The van der Waals surface area contributed by atoms with Crippen LogP contribution in [0.15, 0.2) is 28.7 Å². The van der Waals surface area contributed by atoms with E-state index in [4.69, 9.17) is 4.42 Å². The number of benzene rings is 1. The average molecular weight is 301 g/mol. The smallest absolute Gasteiger partial charge is 0.327 e. The maximum atomic E-state index is 11.9. The quantitative estimate of drug-likeness (QED) is 0.563. The lowest BCUT2D eigenvalue weighted by Crippen LogP contribution is -2.48. The fourth-order valence-corrected chi connectivity index (χ4v) is 1.99. The first-order chi connectivity index (χ1) is 10.5. The van der Waals surface area contributed by atoms with Gasteiger partial charge in [-0.1, -0.05) is 11.6 Å². The molecule has 114 valence electrons. The predicted octanol–water partition coefficient (Wildman–Crippen LogP) is 0.781. The predicted molar refractivity (Wildman–Crippen MR) is 77.7 cm³/mol.